The van der Waals surface area contributed by atoms with Crippen molar-refractivity contribution >= 4 is 27.5 Å². The molecule has 1 aliphatic heterocycles. The highest BCUT2D eigenvalue weighted by atomic mass is 79.9. The number of fused-ring (bicyclic) bond motifs is 1. The van der Waals surface area contributed by atoms with Gasteiger partial charge >= 0.3 is 0 Å². The first-order valence-electron chi connectivity index (χ1n) is 6.16. The molecule has 2 N–H and O–H groups in total. The van der Waals surface area contributed by atoms with Crippen LogP contribution >= 0.6 is 15.9 Å². The number of hydrogen-bond donors (Lipinski definition) is 1. The van der Waals surface area contributed by atoms with Gasteiger partial charge in [-0.2, -0.15) is 0 Å². The fraction of sp³-hybridized carbons (Fsp3) is 0.133. The monoisotopic (exact) mass is 334 g/mol. The van der Waals surface area contributed by atoms with Crippen molar-refractivity contribution in [3.05, 3.63) is 63.4 Å². The Morgan fingerprint density at radius 2 is 1.90 bits per heavy atom. The number of halogens is 2. The van der Waals surface area contributed by atoms with Gasteiger partial charge in [0.05, 0.1) is 4.47 Å². The summed E-state index contributed by atoms with van der Waals surface area (Å²) in [5.74, 6) is -0.608. The second-order valence-corrected chi connectivity index (χ2v) is 5.67. The van der Waals surface area contributed by atoms with Crippen molar-refractivity contribution < 1.29 is 9.18 Å². The Balaban J connectivity index is 1.85. The maximum atomic E-state index is 13.5. The summed E-state index contributed by atoms with van der Waals surface area (Å²) in [6, 6.07) is 10.1. The highest BCUT2D eigenvalue weighted by Crippen LogP contribution is 2.26. The van der Waals surface area contributed by atoms with Crippen molar-refractivity contribution in [2.24, 2.45) is 0 Å². The van der Waals surface area contributed by atoms with Crippen LogP contribution in [-0.2, 0) is 13.1 Å². The molecule has 0 atom stereocenters. The van der Waals surface area contributed by atoms with Crippen LogP contribution in [0.1, 0.15) is 21.5 Å². The second-order valence-electron chi connectivity index (χ2n) is 4.82. The van der Waals surface area contributed by atoms with Crippen molar-refractivity contribution in [3.63, 3.8) is 0 Å². The molecule has 1 aliphatic rings. The minimum Gasteiger partial charge on any atom is -0.399 e. The van der Waals surface area contributed by atoms with Crippen LogP contribution in [0.2, 0.25) is 0 Å². The number of nitrogens with two attached hydrogens (primary N) is 1. The van der Waals surface area contributed by atoms with E-state index in [-0.39, 0.29) is 5.91 Å². The van der Waals surface area contributed by atoms with Crippen LogP contribution < -0.4 is 5.73 Å². The van der Waals surface area contributed by atoms with E-state index in [9.17, 15) is 9.18 Å². The van der Waals surface area contributed by atoms with Gasteiger partial charge in [0.25, 0.3) is 5.91 Å². The lowest BCUT2D eigenvalue weighted by molar-refractivity contribution is 0.0751. The zero-order chi connectivity index (χ0) is 14.3. The maximum absolute atomic E-state index is 13.5. The fourth-order valence-corrected chi connectivity index (χ4v) is 2.62. The van der Waals surface area contributed by atoms with Crippen molar-refractivity contribution in [3.8, 4) is 0 Å². The largest absolute Gasteiger partial charge is 0.399 e. The fourth-order valence-electron chi connectivity index (χ4n) is 2.37. The molecule has 20 heavy (non-hydrogen) atoms. The molecule has 2 aromatic carbocycles. The number of nitrogens with zero attached hydrogens (tertiary/aromatic N) is 1. The SMILES string of the molecule is Nc1ccc2c(c1)CN(C(=O)c1ccc(Br)c(F)c1)C2. The van der Waals surface area contributed by atoms with Crippen LogP contribution in [0.15, 0.2) is 40.9 Å². The molecule has 0 spiro atoms. The molecule has 3 rings (SSSR count). The molecule has 0 bridgehead atoms. The van der Waals surface area contributed by atoms with Crippen LogP contribution in [0.5, 0.6) is 0 Å². The van der Waals surface area contributed by atoms with Gasteiger partial charge in [0.15, 0.2) is 0 Å². The van der Waals surface area contributed by atoms with Gasteiger partial charge in [-0.15, -0.1) is 0 Å². The van der Waals surface area contributed by atoms with Crippen LogP contribution in [0.4, 0.5) is 10.1 Å². The van der Waals surface area contributed by atoms with Gasteiger partial charge < -0.3 is 10.6 Å². The molecule has 0 aliphatic carbocycles. The Hall–Kier alpha value is -1.88. The van der Waals surface area contributed by atoms with Crippen LogP contribution in [0.3, 0.4) is 0 Å². The molecular weight excluding hydrogens is 323 g/mol. The summed E-state index contributed by atoms with van der Waals surface area (Å²) in [6.07, 6.45) is 0. The van der Waals surface area contributed by atoms with E-state index < -0.39 is 5.82 Å². The molecule has 2 aromatic rings. The van der Waals surface area contributed by atoms with Gasteiger partial charge in [-0.1, -0.05) is 6.07 Å². The van der Waals surface area contributed by atoms with E-state index in [0.29, 0.717) is 28.8 Å². The first kappa shape index (κ1) is 13.1. The average molecular weight is 335 g/mol. The van der Waals surface area contributed by atoms with Crippen molar-refractivity contribution in [1.29, 1.82) is 0 Å². The normalized spacial score (nSPS) is 13.4. The molecule has 0 aromatic heterocycles. The molecule has 0 saturated heterocycles. The molecule has 0 unspecified atom stereocenters. The topological polar surface area (TPSA) is 46.3 Å². The third-order valence-corrected chi connectivity index (χ3v) is 4.05. The minimum atomic E-state index is -0.434. The van der Waals surface area contributed by atoms with Crippen molar-refractivity contribution in [2.75, 3.05) is 5.73 Å². The van der Waals surface area contributed by atoms with E-state index in [1.165, 1.54) is 6.07 Å². The lowest BCUT2D eigenvalue weighted by Gasteiger charge is -2.15. The molecule has 102 valence electrons. The molecule has 1 heterocycles. The molecule has 1 amide bonds. The van der Waals surface area contributed by atoms with Crippen LogP contribution in [0, 0.1) is 5.82 Å². The molecule has 5 heteroatoms. The first-order valence-corrected chi connectivity index (χ1v) is 6.95. The zero-order valence-electron chi connectivity index (χ0n) is 10.6. The lowest BCUT2D eigenvalue weighted by atomic mass is 10.1. The summed E-state index contributed by atoms with van der Waals surface area (Å²) in [5.41, 5.74) is 8.92. The van der Waals surface area contributed by atoms with E-state index in [2.05, 4.69) is 15.9 Å². The van der Waals surface area contributed by atoms with Gasteiger partial charge in [-0.25, -0.2) is 4.39 Å². The standard InChI is InChI=1S/C15H12BrFN2O/c16-13-4-2-9(6-14(13)17)15(20)19-7-10-1-3-12(18)5-11(10)8-19/h1-6H,7-8,18H2. The van der Waals surface area contributed by atoms with Gasteiger partial charge in [-0.05, 0) is 57.4 Å². The average Bonchev–Trinajstić information content (AvgIpc) is 2.84. The van der Waals surface area contributed by atoms with Gasteiger partial charge in [-0.3, -0.25) is 4.79 Å². The van der Waals surface area contributed by atoms with E-state index in [4.69, 9.17) is 5.73 Å². The number of rotatable bonds is 1. The summed E-state index contributed by atoms with van der Waals surface area (Å²) in [4.78, 5) is 14.1. The predicted octanol–water partition coefficient (Wildman–Crippen LogP) is 3.33. The highest BCUT2D eigenvalue weighted by molar-refractivity contribution is 9.10. The Morgan fingerprint density at radius 3 is 2.65 bits per heavy atom. The van der Waals surface area contributed by atoms with E-state index >= 15 is 0 Å². The number of anilines is 1. The summed E-state index contributed by atoms with van der Waals surface area (Å²) < 4.78 is 13.9. The predicted molar refractivity (Wildman–Crippen MR) is 78.5 cm³/mol. The number of nitrogen functional groups attached to an aromatic ring is 1. The summed E-state index contributed by atoms with van der Waals surface area (Å²) in [7, 11) is 0. The Kier molecular flexibility index (Phi) is 3.22. The Bertz CT molecular complexity index is 702. The zero-order valence-corrected chi connectivity index (χ0v) is 12.2. The smallest absolute Gasteiger partial charge is 0.254 e. The molecule has 0 fully saturated rings. The molecule has 0 radical (unpaired) electrons. The van der Waals surface area contributed by atoms with Crippen LogP contribution in [0.25, 0.3) is 0 Å². The van der Waals surface area contributed by atoms with E-state index in [1.807, 2.05) is 18.2 Å². The number of benzene rings is 2. The summed E-state index contributed by atoms with van der Waals surface area (Å²) in [5, 5.41) is 0. The van der Waals surface area contributed by atoms with Gasteiger partial charge in [0.2, 0.25) is 0 Å². The van der Waals surface area contributed by atoms with Gasteiger partial charge in [0, 0.05) is 24.3 Å². The Labute approximate surface area is 124 Å². The first-order chi connectivity index (χ1) is 9.54. The highest BCUT2D eigenvalue weighted by Gasteiger charge is 2.24. The lowest BCUT2D eigenvalue weighted by Crippen LogP contribution is -2.25. The summed E-state index contributed by atoms with van der Waals surface area (Å²) >= 11 is 3.08. The number of carbonyl (C=O) groups excluding carboxylic acids is 1. The van der Waals surface area contributed by atoms with Gasteiger partial charge in [0.1, 0.15) is 5.82 Å². The van der Waals surface area contributed by atoms with Crippen molar-refractivity contribution in [2.45, 2.75) is 13.1 Å². The minimum absolute atomic E-state index is 0.175. The number of hydrogen-bond acceptors (Lipinski definition) is 2. The quantitative estimate of drug-likeness (QED) is 0.813. The summed E-state index contributed by atoms with van der Waals surface area (Å²) in [6.45, 7) is 1.04. The third kappa shape index (κ3) is 2.29. The van der Waals surface area contributed by atoms with Crippen molar-refractivity contribution in [1.82, 2.24) is 4.90 Å². The van der Waals surface area contributed by atoms with Crippen LogP contribution in [-0.4, -0.2) is 10.8 Å². The van der Waals surface area contributed by atoms with E-state index in [0.717, 1.165) is 11.1 Å². The Morgan fingerprint density at radius 1 is 1.15 bits per heavy atom. The molecule has 3 nitrogen and oxygen atoms in total. The third-order valence-electron chi connectivity index (χ3n) is 3.41. The number of carbonyl (C=O) groups is 1. The maximum Gasteiger partial charge on any atom is 0.254 e. The molecular formula is C15H12BrFN2O. The second kappa shape index (κ2) is 4.90. The number of amides is 1. The van der Waals surface area contributed by atoms with E-state index in [1.54, 1.807) is 17.0 Å². The molecule has 0 saturated carbocycles.